The molecular formula is C26H50N4O4. The van der Waals surface area contributed by atoms with Crippen molar-refractivity contribution in [2.75, 3.05) is 32.7 Å². The zero-order valence-electron chi connectivity index (χ0n) is 21.7. The molecule has 0 unspecified atom stereocenters. The maximum Gasteiger partial charge on any atom is 0.243 e. The van der Waals surface area contributed by atoms with Crippen molar-refractivity contribution in [1.29, 1.82) is 0 Å². The second-order valence-electron chi connectivity index (χ2n) is 9.67. The summed E-state index contributed by atoms with van der Waals surface area (Å²) in [6.45, 7) is 6.55. The number of hydrogen-bond donors (Lipinski definition) is 4. The van der Waals surface area contributed by atoms with Gasteiger partial charge in [0.25, 0.3) is 0 Å². The van der Waals surface area contributed by atoms with Crippen LogP contribution in [-0.2, 0) is 14.4 Å². The minimum Gasteiger partial charge on any atom is -0.355 e. The predicted molar refractivity (Wildman–Crippen MR) is 135 cm³/mol. The van der Waals surface area contributed by atoms with Gasteiger partial charge in [0.1, 0.15) is 0 Å². The molecule has 0 atom stereocenters. The van der Waals surface area contributed by atoms with Gasteiger partial charge in [0.2, 0.25) is 17.7 Å². The summed E-state index contributed by atoms with van der Waals surface area (Å²) < 4.78 is 0. The molecule has 4 N–H and O–H groups in total. The summed E-state index contributed by atoms with van der Waals surface area (Å²) in [5, 5.41) is 14.7. The lowest BCUT2D eigenvalue weighted by Gasteiger charge is -2.25. The maximum atomic E-state index is 12.5. The number of hydroxylamine groups is 1. The Balaban J connectivity index is 0.00000281. The van der Waals surface area contributed by atoms with Crippen molar-refractivity contribution in [2.45, 2.75) is 104 Å². The lowest BCUT2D eigenvalue weighted by Crippen LogP contribution is -2.45. The highest BCUT2D eigenvalue weighted by Gasteiger charge is 2.19. The molecule has 198 valence electrons. The summed E-state index contributed by atoms with van der Waals surface area (Å²) in [5.41, 5.74) is 1.64. The largest absolute Gasteiger partial charge is 0.355 e. The lowest BCUT2D eigenvalue weighted by atomic mass is 9.89. The molecule has 0 aromatic carbocycles. The Kier molecular flexibility index (Phi) is 17.5. The van der Waals surface area contributed by atoms with E-state index in [-0.39, 0.29) is 37.2 Å². The van der Waals surface area contributed by atoms with E-state index in [1.807, 2.05) is 18.7 Å². The summed E-state index contributed by atoms with van der Waals surface area (Å²) in [6, 6.07) is 0. The van der Waals surface area contributed by atoms with Crippen molar-refractivity contribution in [2.24, 2.45) is 11.8 Å². The van der Waals surface area contributed by atoms with Crippen LogP contribution in [0.15, 0.2) is 0 Å². The molecular weight excluding hydrogens is 432 g/mol. The van der Waals surface area contributed by atoms with Gasteiger partial charge in [0.05, 0.1) is 13.1 Å². The van der Waals surface area contributed by atoms with Crippen LogP contribution < -0.4 is 16.1 Å². The Labute approximate surface area is 206 Å². The fraction of sp³-hybridized carbons (Fsp3) is 0.885. The Hall–Kier alpha value is -1.67. The van der Waals surface area contributed by atoms with E-state index in [0.29, 0.717) is 24.8 Å². The maximum absolute atomic E-state index is 12.5. The smallest absolute Gasteiger partial charge is 0.243 e. The summed E-state index contributed by atoms with van der Waals surface area (Å²) in [4.78, 5) is 38.1. The summed E-state index contributed by atoms with van der Waals surface area (Å²) in [5.74, 6) is 0.742. The highest BCUT2D eigenvalue weighted by molar-refractivity contribution is 5.81. The highest BCUT2D eigenvalue weighted by Crippen LogP contribution is 2.23. The predicted octanol–water partition coefficient (Wildman–Crippen LogP) is 3.77. The molecule has 34 heavy (non-hydrogen) atoms. The zero-order chi connectivity index (χ0) is 25.0. The number of nitrogens with zero attached hydrogens (tertiary/aromatic N) is 1. The zero-order valence-corrected chi connectivity index (χ0v) is 21.7. The SMILES string of the molecule is CC.O=C(CCCCCN(CC(=O)NCC1CCCCC1)CC(=O)NCC1CCCCC1)NO. The molecule has 2 aliphatic rings. The van der Waals surface area contributed by atoms with Crippen molar-refractivity contribution in [3.63, 3.8) is 0 Å². The van der Waals surface area contributed by atoms with Gasteiger partial charge >= 0.3 is 0 Å². The van der Waals surface area contributed by atoms with Crippen LogP contribution in [0.1, 0.15) is 104 Å². The van der Waals surface area contributed by atoms with E-state index >= 15 is 0 Å². The minimum absolute atomic E-state index is 0.0182. The number of carbonyl (C=O) groups excluding carboxylic acids is 3. The van der Waals surface area contributed by atoms with Gasteiger partial charge in [-0.15, -0.1) is 0 Å². The van der Waals surface area contributed by atoms with Gasteiger partial charge in [-0.3, -0.25) is 24.5 Å². The minimum atomic E-state index is -0.383. The molecule has 2 rings (SSSR count). The quantitative estimate of drug-likeness (QED) is 0.171. The second kappa shape index (κ2) is 19.6. The molecule has 0 bridgehead atoms. The normalized spacial score (nSPS) is 16.9. The molecule has 0 aliphatic heterocycles. The van der Waals surface area contributed by atoms with Crippen molar-refractivity contribution >= 4 is 17.7 Å². The molecule has 0 spiro atoms. The fourth-order valence-corrected chi connectivity index (χ4v) is 4.88. The highest BCUT2D eigenvalue weighted by atomic mass is 16.5. The van der Waals surface area contributed by atoms with Crippen LogP contribution in [0.2, 0.25) is 0 Å². The number of unbranched alkanes of at least 4 members (excludes halogenated alkanes) is 2. The van der Waals surface area contributed by atoms with Crippen molar-refractivity contribution < 1.29 is 19.6 Å². The standard InChI is InChI=1S/C24H44N4O4.C2H6/c29-22(27-32)14-8-3-9-15-28(18-23(30)25-16-20-10-4-1-5-11-20)19-24(31)26-17-21-12-6-2-7-13-21;1-2/h20-21,32H,1-19H2,(H,25,30)(H,26,31)(H,27,29);1-2H3. The van der Waals surface area contributed by atoms with Crippen LogP contribution in [0.5, 0.6) is 0 Å². The molecule has 2 aliphatic carbocycles. The number of amides is 3. The van der Waals surface area contributed by atoms with Crippen LogP contribution in [-0.4, -0.2) is 60.6 Å². The van der Waals surface area contributed by atoms with Crippen LogP contribution in [0.3, 0.4) is 0 Å². The Bertz CT molecular complexity index is 525. The summed E-state index contributed by atoms with van der Waals surface area (Å²) in [7, 11) is 0. The molecule has 3 amide bonds. The number of carbonyl (C=O) groups is 3. The molecule has 0 aromatic rings. The van der Waals surface area contributed by atoms with Crippen LogP contribution in [0, 0.1) is 11.8 Å². The van der Waals surface area contributed by atoms with E-state index in [1.165, 1.54) is 64.2 Å². The van der Waals surface area contributed by atoms with Gasteiger partial charge in [0, 0.05) is 19.5 Å². The van der Waals surface area contributed by atoms with E-state index in [0.717, 1.165) is 25.9 Å². The van der Waals surface area contributed by atoms with E-state index in [2.05, 4.69) is 10.6 Å². The monoisotopic (exact) mass is 482 g/mol. The second-order valence-corrected chi connectivity index (χ2v) is 9.67. The third-order valence-corrected chi connectivity index (χ3v) is 6.86. The Morgan fingerprint density at radius 3 is 1.62 bits per heavy atom. The van der Waals surface area contributed by atoms with Crippen LogP contribution in [0.25, 0.3) is 0 Å². The molecule has 0 saturated heterocycles. The van der Waals surface area contributed by atoms with Crippen molar-refractivity contribution in [3.05, 3.63) is 0 Å². The molecule has 0 radical (unpaired) electrons. The van der Waals surface area contributed by atoms with E-state index in [1.54, 1.807) is 5.48 Å². The van der Waals surface area contributed by atoms with Gasteiger partial charge < -0.3 is 10.6 Å². The molecule has 2 saturated carbocycles. The third-order valence-electron chi connectivity index (χ3n) is 6.86. The van der Waals surface area contributed by atoms with Gasteiger partial charge in [-0.05, 0) is 56.9 Å². The number of nitrogens with one attached hydrogen (secondary N) is 3. The first-order valence-corrected chi connectivity index (χ1v) is 13.8. The van der Waals surface area contributed by atoms with E-state index < -0.39 is 0 Å². The first-order chi connectivity index (χ1) is 16.6. The molecule has 8 heteroatoms. The fourth-order valence-electron chi connectivity index (χ4n) is 4.88. The van der Waals surface area contributed by atoms with E-state index in [4.69, 9.17) is 5.21 Å². The molecule has 8 nitrogen and oxygen atoms in total. The van der Waals surface area contributed by atoms with Crippen molar-refractivity contribution in [1.82, 2.24) is 21.0 Å². The van der Waals surface area contributed by atoms with Gasteiger partial charge in [0.15, 0.2) is 0 Å². The van der Waals surface area contributed by atoms with Gasteiger partial charge in [-0.25, -0.2) is 5.48 Å². The Morgan fingerprint density at radius 1 is 0.706 bits per heavy atom. The van der Waals surface area contributed by atoms with Crippen LogP contribution >= 0.6 is 0 Å². The summed E-state index contributed by atoms with van der Waals surface area (Å²) >= 11 is 0. The average Bonchev–Trinajstić information content (AvgIpc) is 2.88. The lowest BCUT2D eigenvalue weighted by molar-refractivity contribution is -0.129. The average molecular weight is 483 g/mol. The van der Waals surface area contributed by atoms with Gasteiger partial charge in [-0.2, -0.15) is 0 Å². The number of hydrogen-bond acceptors (Lipinski definition) is 5. The molecule has 2 fully saturated rings. The first-order valence-electron chi connectivity index (χ1n) is 13.8. The van der Waals surface area contributed by atoms with Crippen molar-refractivity contribution in [3.8, 4) is 0 Å². The first kappa shape index (κ1) is 30.4. The van der Waals surface area contributed by atoms with Crippen LogP contribution in [0.4, 0.5) is 0 Å². The van der Waals surface area contributed by atoms with Gasteiger partial charge in [-0.1, -0.05) is 58.8 Å². The topological polar surface area (TPSA) is 111 Å². The number of rotatable bonds is 14. The van der Waals surface area contributed by atoms with E-state index in [9.17, 15) is 14.4 Å². The molecule has 0 aromatic heterocycles. The third kappa shape index (κ3) is 14.6. The summed E-state index contributed by atoms with van der Waals surface area (Å²) in [6.07, 6.45) is 14.9. The Morgan fingerprint density at radius 2 is 1.18 bits per heavy atom. The molecule has 0 heterocycles.